The number of anilines is 3. The normalized spacial score (nSPS) is 13.0. The molecular weight excluding hydrogens is 313 g/mol. The highest BCUT2D eigenvalue weighted by molar-refractivity contribution is 5.62. The molecule has 0 saturated heterocycles. The van der Waals surface area contributed by atoms with Crippen molar-refractivity contribution in [2.45, 2.75) is 13.1 Å². The first-order valence-electron chi connectivity index (χ1n) is 6.82. The van der Waals surface area contributed by atoms with Crippen LogP contribution in [-0.2, 0) is 6.18 Å². The van der Waals surface area contributed by atoms with Crippen molar-refractivity contribution < 1.29 is 22.6 Å². The molecule has 0 amide bonds. The van der Waals surface area contributed by atoms with E-state index in [2.05, 4.69) is 20.6 Å². The van der Waals surface area contributed by atoms with Gasteiger partial charge in [-0.15, -0.1) is 0 Å². The fourth-order valence-electron chi connectivity index (χ4n) is 2.02. The average molecular weight is 326 g/mol. The van der Waals surface area contributed by atoms with Crippen molar-refractivity contribution in [2.75, 3.05) is 24.0 Å². The third-order valence-electron chi connectivity index (χ3n) is 3.00. The van der Waals surface area contributed by atoms with E-state index in [-0.39, 0.29) is 18.6 Å². The first-order valence-corrected chi connectivity index (χ1v) is 6.82. The van der Waals surface area contributed by atoms with Gasteiger partial charge in [0.1, 0.15) is 5.82 Å². The predicted octanol–water partition coefficient (Wildman–Crippen LogP) is 3.40. The van der Waals surface area contributed by atoms with Crippen molar-refractivity contribution in [2.24, 2.45) is 0 Å². The number of aromatic nitrogens is 2. The van der Waals surface area contributed by atoms with E-state index in [1.807, 2.05) is 0 Å². The van der Waals surface area contributed by atoms with Crippen LogP contribution >= 0.6 is 0 Å². The summed E-state index contributed by atoms with van der Waals surface area (Å²) in [6.45, 7) is 2.27. The van der Waals surface area contributed by atoms with Gasteiger partial charge in [0, 0.05) is 24.4 Å². The Morgan fingerprint density at radius 1 is 1.13 bits per heavy atom. The third-order valence-corrected chi connectivity index (χ3v) is 3.00. The monoisotopic (exact) mass is 326 g/mol. The lowest BCUT2D eigenvalue weighted by atomic mass is 10.2. The van der Waals surface area contributed by atoms with Crippen molar-refractivity contribution in [3.63, 3.8) is 0 Å². The summed E-state index contributed by atoms with van der Waals surface area (Å²) in [5.74, 6) is 1.04. The zero-order valence-electron chi connectivity index (χ0n) is 12.1. The molecule has 3 rings (SSSR count). The Kier molecular flexibility index (Phi) is 3.85. The molecule has 0 fully saturated rings. The highest BCUT2D eigenvalue weighted by atomic mass is 19.4. The minimum Gasteiger partial charge on any atom is -0.454 e. The van der Waals surface area contributed by atoms with Gasteiger partial charge < -0.3 is 20.1 Å². The number of benzene rings is 1. The number of alkyl halides is 3. The molecule has 2 heterocycles. The second-order valence-electron chi connectivity index (χ2n) is 4.68. The maximum atomic E-state index is 12.9. The van der Waals surface area contributed by atoms with Crippen LogP contribution in [0.1, 0.15) is 12.6 Å². The summed E-state index contributed by atoms with van der Waals surface area (Å²) < 4.78 is 49.2. The molecule has 0 spiro atoms. The zero-order chi connectivity index (χ0) is 16.4. The molecule has 2 aromatic rings. The van der Waals surface area contributed by atoms with Gasteiger partial charge in [0.05, 0.1) is 0 Å². The molecule has 1 aliphatic rings. The van der Waals surface area contributed by atoms with Crippen LogP contribution in [0.5, 0.6) is 11.5 Å². The number of rotatable bonds is 4. The van der Waals surface area contributed by atoms with Gasteiger partial charge in [0.25, 0.3) is 0 Å². The Morgan fingerprint density at radius 3 is 2.65 bits per heavy atom. The number of fused-ring (bicyclic) bond motifs is 1. The van der Waals surface area contributed by atoms with Crippen LogP contribution in [-0.4, -0.2) is 23.3 Å². The summed E-state index contributed by atoms with van der Waals surface area (Å²) in [5, 5.41) is 5.50. The Balaban J connectivity index is 1.90. The molecule has 0 unspecified atom stereocenters. The quantitative estimate of drug-likeness (QED) is 0.897. The number of ether oxygens (including phenoxy) is 2. The molecule has 0 radical (unpaired) electrons. The number of hydrogen-bond donors (Lipinski definition) is 2. The highest BCUT2D eigenvalue weighted by Gasteiger charge is 2.33. The van der Waals surface area contributed by atoms with Crippen molar-refractivity contribution >= 4 is 17.5 Å². The summed E-state index contributed by atoms with van der Waals surface area (Å²) in [7, 11) is 0. The van der Waals surface area contributed by atoms with Crippen LogP contribution in [0.3, 0.4) is 0 Å². The zero-order valence-corrected chi connectivity index (χ0v) is 12.1. The maximum Gasteiger partial charge on any atom is 0.433 e. The lowest BCUT2D eigenvalue weighted by molar-refractivity contribution is -0.141. The van der Waals surface area contributed by atoms with Crippen LogP contribution in [0, 0.1) is 0 Å². The molecule has 1 aromatic heterocycles. The van der Waals surface area contributed by atoms with Crippen LogP contribution in [0.2, 0.25) is 0 Å². The number of halogens is 3. The van der Waals surface area contributed by atoms with E-state index in [1.165, 1.54) is 0 Å². The smallest absolute Gasteiger partial charge is 0.433 e. The summed E-state index contributed by atoms with van der Waals surface area (Å²) in [4.78, 5) is 7.48. The number of nitrogens with one attached hydrogen (secondary N) is 2. The van der Waals surface area contributed by atoms with E-state index < -0.39 is 11.9 Å². The molecule has 0 saturated carbocycles. The molecule has 0 atom stereocenters. The predicted molar refractivity (Wildman–Crippen MR) is 77.0 cm³/mol. The maximum absolute atomic E-state index is 12.9. The van der Waals surface area contributed by atoms with Gasteiger partial charge in [-0.3, -0.25) is 0 Å². The fourth-order valence-corrected chi connectivity index (χ4v) is 2.02. The Hall–Kier alpha value is -2.71. The Bertz CT molecular complexity index is 722. The molecule has 0 bridgehead atoms. The molecule has 23 heavy (non-hydrogen) atoms. The van der Waals surface area contributed by atoms with E-state index in [1.54, 1.807) is 25.1 Å². The molecule has 122 valence electrons. The van der Waals surface area contributed by atoms with Gasteiger partial charge in [0.2, 0.25) is 12.7 Å². The number of hydrogen-bond acceptors (Lipinski definition) is 6. The van der Waals surface area contributed by atoms with Crippen molar-refractivity contribution in [1.29, 1.82) is 0 Å². The Labute approximate surface area is 129 Å². The van der Waals surface area contributed by atoms with Gasteiger partial charge in [0.15, 0.2) is 17.2 Å². The summed E-state index contributed by atoms with van der Waals surface area (Å²) in [6.07, 6.45) is -4.56. The summed E-state index contributed by atoms with van der Waals surface area (Å²) in [5.41, 5.74) is -0.491. The molecule has 6 nitrogen and oxygen atoms in total. The van der Waals surface area contributed by atoms with Gasteiger partial charge >= 0.3 is 6.18 Å². The minimum absolute atomic E-state index is 0.0298. The fraction of sp³-hybridized carbons (Fsp3) is 0.286. The molecule has 1 aliphatic heterocycles. The van der Waals surface area contributed by atoms with E-state index in [0.717, 1.165) is 6.07 Å². The van der Waals surface area contributed by atoms with Crippen molar-refractivity contribution in [3.05, 3.63) is 30.0 Å². The molecule has 9 heteroatoms. The van der Waals surface area contributed by atoms with Gasteiger partial charge in [-0.05, 0) is 19.1 Å². The second kappa shape index (κ2) is 5.82. The van der Waals surface area contributed by atoms with Gasteiger partial charge in [-0.25, -0.2) is 4.98 Å². The van der Waals surface area contributed by atoms with Crippen molar-refractivity contribution in [1.82, 2.24) is 9.97 Å². The number of nitrogens with zero attached hydrogens (tertiary/aromatic N) is 2. The van der Waals surface area contributed by atoms with E-state index in [0.29, 0.717) is 23.7 Å². The van der Waals surface area contributed by atoms with Crippen LogP contribution in [0.4, 0.5) is 30.6 Å². The van der Waals surface area contributed by atoms with Gasteiger partial charge in [-0.1, -0.05) is 0 Å². The Morgan fingerprint density at radius 2 is 1.91 bits per heavy atom. The van der Waals surface area contributed by atoms with Crippen molar-refractivity contribution in [3.8, 4) is 11.5 Å². The standard InChI is InChI=1S/C14H13F3N4O2/c1-2-18-13-20-11(14(15,16)17)6-12(21-13)19-8-3-4-9-10(5-8)23-7-22-9/h3-6H,2,7H2,1H3,(H2,18,19,20,21). The first kappa shape index (κ1) is 15.2. The summed E-state index contributed by atoms with van der Waals surface area (Å²) >= 11 is 0. The first-order chi connectivity index (χ1) is 11.0. The topological polar surface area (TPSA) is 68.3 Å². The van der Waals surface area contributed by atoms with Crippen LogP contribution in [0.15, 0.2) is 24.3 Å². The SMILES string of the molecule is CCNc1nc(Nc2ccc3c(c2)OCO3)cc(C(F)(F)F)n1. The van der Waals surface area contributed by atoms with Crippen LogP contribution in [0.25, 0.3) is 0 Å². The lowest BCUT2D eigenvalue weighted by Gasteiger charge is -2.12. The molecule has 0 aliphatic carbocycles. The molecule has 2 N–H and O–H groups in total. The molecular formula is C14H13F3N4O2. The lowest BCUT2D eigenvalue weighted by Crippen LogP contribution is -2.13. The average Bonchev–Trinajstić information content (AvgIpc) is 2.94. The van der Waals surface area contributed by atoms with E-state index in [9.17, 15) is 13.2 Å². The van der Waals surface area contributed by atoms with E-state index in [4.69, 9.17) is 9.47 Å². The van der Waals surface area contributed by atoms with Crippen LogP contribution < -0.4 is 20.1 Å². The third kappa shape index (κ3) is 3.38. The summed E-state index contributed by atoms with van der Waals surface area (Å²) in [6, 6.07) is 5.81. The largest absolute Gasteiger partial charge is 0.454 e. The van der Waals surface area contributed by atoms with Gasteiger partial charge in [-0.2, -0.15) is 18.2 Å². The molecule has 1 aromatic carbocycles. The second-order valence-corrected chi connectivity index (χ2v) is 4.68. The highest BCUT2D eigenvalue weighted by Crippen LogP contribution is 2.35. The minimum atomic E-state index is -4.56. The van der Waals surface area contributed by atoms with E-state index >= 15 is 0 Å².